The molecule has 2 fully saturated rings. The summed E-state index contributed by atoms with van der Waals surface area (Å²) in [5.41, 5.74) is 0.0640. The molecule has 1 unspecified atom stereocenters. The highest BCUT2D eigenvalue weighted by atomic mass is 35.5. The molecule has 0 radical (unpaired) electrons. The van der Waals surface area contributed by atoms with Crippen LogP contribution in [0.15, 0.2) is 0 Å². The van der Waals surface area contributed by atoms with Crippen LogP contribution in [-0.2, 0) is 4.79 Å². The van der Waals surface area contributed by atoms with E-state index in [0.29, 0.717) is 11.8 Å². The van der Waals surface area contributed by atoms with Gasteiger partial charge in [-0.25, -0.2) is 0 Å². The van der Waals surface area contributed by atoms with E-state index in [1.165, 1.54) is 6.42 Å². The first-order valence-electron chi connectivity index (χ1n) is 6.16. The molecule has 1 aliphatic carbocycles. The summed E-state index contributed by atoms with van der Waals surface area (Å²) in [6.45, 7) is 5.14. The molecule has 1 heterocycles. The maximum atomic E-state index is 12.2. The second-order valence-electron chi connectivity index (χ2n) is 5.10. The molecule has 4 heteroatoms. The summed E-state index contributed by atoms with van der Waals surface area (Å²) in [6, 6.07) is 0. The van der Waals surface area contributed by atoms with Gasteiger partial charge < -0.3 is 10.2 Å². The van der Waals surface area contributed by atoms with Crippen LogP contribution < -0.4 is 5.32 Å². The lowest BCUT2D eigenvalue weighted by Gasteiger charge is -2.22. The van der Waals surface area contributed by atoms with E-state index in [1.54, 1.807) is 0 Å². The molecule has 2 aliphatic rings. The second-order valence-corrected chi connectivity index (χ2v) is 5.10. The van der Waals surface area contributed by atoms with Gasteiger partial charge in [0.1, 0.15) is 0 Å². The lowest BCUT2D eigenvalue weighted by atomic mass is 10.0. The van der Waals surface area contributed by atoms with Crippen LogP contribution in [0.5, 0.6) is 0 Å². The van der Waals surface area contributed by atoms with Crippen molar-refractivity contribution in [3.05, 3.63) is 0 Å². The van der Waals surface area contributed by atoms with Gasteiger partial charge in [0, 0.05) is 18.5 Å². The number of amides is 1. The Morgan fingerprint density at radius 1 is 1.50 bits per heavy atom. The van der Waals surface area contributed by atoms with E-state index < -0.39 is 0 Å². The first-order chi connectivity index (χ1) is 7.22. The second kappa shape index (κ2) is 5.37. The van der Waals surface area contributed by atoms with E-state index in [-0.39, 0.29) is 17.8 Å². The monoisotopic (exact) mass is 246 g/mol. The molecular formula is C12H23ClN2O. The van der Waals surface area contributed by atoms with Gasteiger partial charge in [-0.15, -0.1) is 12.4 Å². The van der Waals surface area contributed by atoms with E-state index in [2.05, 4.69) is 17.1 Å². The summed E-state index contributed by atoms with van der Waals surface area (Å²) in [6.07, 6.45) is 4.44. The number of nitrogens with zero attached hydrogens (tertiary/aromatic N) is 1. The number of carbonyl (C=O) groups excluding carboxylic acids is 1. The largest absolute Gasteiger partial charge is 0.342 e. The van der Waals surface area contributed by atoms with E-state index >= 15 is 0 Å². The number of carbonyl (C=O) groups is 1. The average Bonchev–Trinajstić information content (AvgIpc) is 2.92. The fraction of sp³-hybridized carbons (Fsp3) is 0.917. The van der Waals surface area contributed by atoms with Gasteiger partial charge in [-0.2, -0.15) is 0 Å². The van der Waals surface area contributed by atoms with Crippen LogP contribution in [0.4, 0.5) is 0 Å². The molecule has 1 saturated carbocycles. The van der Waals surface area contributed by atoms with E-state index in [1.807, 2.05) is 7.05 Å². The highest BCUT2D eigenvalue weighted by Crippen LogP contribution is 2.50. The first kappa shape index (κ1) is 13.8. The normalized spacial score (nSPS) is 26.4. The molecule has 16 heavy (non-hydrogen) atoms. The van der Waals surface area contributed by atoms with E-state index in [0.717, 1.165) is 38.9 Å². The number of likely N-dealkylation sites (tertiary alicyclic amines) is 1. The van der Waals surface area contributed by atoms with Crippen molar-refractivity contribution in [1.29, 1.82) is 0 Å². The van der Waals surface area contributed by atoms with Crippen LogP contribution in [0.1, 0.15) is 32.6 Å². The Balaban J connectivity index is 0.00000128. The zero-order chi connectivity index (χ0) is 10.9. The molecule has 1 saturated heterocycles. The van der Waals surface area contributed by atoms with Crippen molar-refractivity contribution in [2.24, 2.45) is 11.3 Å². The van der Waals surface area contributed by atoms with Crippen molar-refractivity contribution in [2.45, 2.75) is 32.6 Å². The molecule has 0 aromatic carbocycles. The average molecular weight is 247 g/mol. The minimum Gasteiger partial charge on any atom is -0.342 e. The molecule has 1 N–H and O–H groups in total. The van der Waals surface area contributed by atoms with Gasteiger partial charge in [0.2, 0.25) is 5.91 Å². The molecule has 0 aromatic heterocycles. The van der Waals surface area contributed by atoms with Crippen LogP contribution in [-0.4, -0.2) is 37.5 Å². The first-order valence-corrected chi connectivity index (χ1v) is 6.16. The Morgan fingerprint density at radius 2 is 2.19 bits per heavy atom. The lowest BCUT2D eigenvalue weighted by molar-refractivity contribution is -0.136. The Kier molecular flexibility index (Phi) is 4.62. The van der Waals surface area contributed by atoms with Crippen LogP contribution in [0.3, 0.4) is 0 Å². The topological polar surface area (TPSA) is 32.3 Å². The summed E-state index contributed by atoms with van der Waals surface area (Å²) in [4.78, 5) is 14.3. The zero-order valence-corrected chi connectivity index (χ0v) is 11.1. The molecule has 1 amide bonds. The molecule has 0 aromatic rings. The van der Waals surface area contributed by atoms with Crippen LogP contribution in [0, 0.1) is 11.3 Å². The van der Waals surface area contributed by atoms with Crippen LogP contribution >= 0.6 is 12.4 Å². The Morgan fingerprint density at radius 3 is 2.69 bits per heavy atom. The summed E-state index contributed by atoms with van der Waals surface area (Å²) < 4.78 is 0. The van der Waals surface area contributed by atoms with Crippen LogP contribution in [0.2, 0.25) is 0 Å². The van der Waals surface area contributed by atoms with Gasteiger partial charge >= 0.3 is 0 Å². The number of hydrogen-bond donors (Lipinski definition) is 1. The number of hydrogen-bond acceptors (Lipinski definition) is 2. The molecule has 1 aliphatic heterocycles. The Labute approximate surface area is 104 Å². The standard InChI is InChI=1S/C12H22N2O.ClH/c1-3-12(5-6-12)11(15)14-7-4-10(9-14)8-13-2;/h10,13H,3-9H2,1-2H3;1H. The molecule has 0 bridgehead atoms. The highest BCUT2D eigenvalue weighted by molar-refractivity contribution is 5.85. The number of nitrogens with one attached hydrogen (secondary N) is 1. The molecule has 2 rings (SSSR count). The SMILES string of the molecule is CCC1(C(=O)N2CCC(CNC)C2)CC1.Cl. The van der Waals surface area contributed by atoms with Crippen molar-refractivity contribution in [2.75, 3.05) is 26.7 Å². The van der Waals surface area contributed by atoms with Gasteiger partial charge in [0.25, 0.3) is 0 Å². The summed E-state index contributed by atoms with van der Waals surface area (Å²) in [7, 11) is 1.99. The third-order valence-electron chi connectivity index (χ3n) is 4.05. The van der Waals surface area contributed by atoms with Crippen molar-refractivity contribution in [3.63, 3.8) is 0 Å². The van der Waals surface area contributed by atoms with Gasteiger partial charge in [0.05, 0.1) is 0 Å². The van der Waals surface area contributed by atoms with Gasteiger partial charge in [-0.1, -0.05) is 6.92 Å². The Hall–Kier alpha value is -0.280. The number of rotatable bonds is 4. The zero-order valence-electron chi connectivity index (χ0n) is 10.3. The quantitative estimate of drug-likeness (QED) is 0.819. The molecule has 1 atom stereocenters. The van der Waals surface area contributed by atoms with Crippen molar-refractivity contribution in [1.82, 2.24) is 10.2 Å². The van der Waals surface area contributed by atoms with Gasteiger partial charge in [0.15, 0.2) is 0 Å². The predicted octanol–water partition coefficient (Wildman–Crippen LogP) is 1.67. The fourth-order valence-electron chi connectivity index (χ4n) is 2.68. The lowest BCUT2D eigenvalue weighted by Crippen LogP contribution is -2.36. The molecule has 94 valence electrons. The van der Waals surface area contributed by atoms with Crippen molar-refractivity contribution in [3.8, 4) is 0 Å². The van der Waals surface area contributed by atoms with Crippen molar-refractivity contribution < 1.29 is 4.79 Å². The molecule has 0 spiro atoms. The molecular weight excluding hydrogens is 224 g/mol. The summed E-state index contributed by atoms with van der Waals surface area (Å²) in [5.74, 6) is 1.11. The minimum absolute atomic E-state index is 0. The van der Waals surface area contributed by atoms with Crippen LogP contribution in [0.25, 0.3) is 0 Å². The van der Waals surface area contributed by atoms with Gasteiger partial charge in [-0.05, 0) is 45.2 Å². The summed E-state index contributed by atoms with van der Waals surface area (Å²) in [5, 5.41) is 3.20. The molecule has 3 nitrogen and oxygen atoms in total. The third kappa shape index (κ3) is 2.51. The third-order valence-corrected chi connectivity index (χ3v) is 4.05. The summed E-state index contributed by atoms with van der Waals surface area (Å²) >= 11 is 0. The highest BCUT2D eigenvalue weighted by Gasteiger charge is 2.50. The minimum atomic E-state index is 0. The number of halogens is 1. The predicted molar refractivity (Wildman–Crippen MR) is 67.8 cm³/mol. The maximum absolute atomic E-state index is 12.2. The van der Waals surface area contributed by atoms with E-state index in [4.69, 9.17) is 0 Å². The smallest absolute Gasteiger partial charge is 0.228 e. The maximum Gasteiger partial charge on any atom is 0.228 e. The van der Waals surface area contributed by atoms with Crippen molar-refractivity contribution >= 4 is 18.3 Å². The fourth-order valence-corrected chi connectivity index (χ4v) is 2.68. The van der Waals surface area contributed by atoms with Gasteiger partial charge in [-0.3, -0.25) is 4.79 Å². The van der Waals surface area contributed by atoms with E-state index in [9.17, 15) is 4.79 Å². The Bertz CT molecular complexity index is 253.